The molecule has 114 valence electrons. The standard InChI is InChI=1S/C16H23N3O2/c1-14-3-2-4-15(13-14)17-5-7-18(8-6-17)16(20)19-9-11-21-12-10-19/h2-4,13H,5-12H2,1H3. The van der Waals surface area contributed by atoms with Gasteiger partial charge in [0.2, 0.25) is 0 Å². The number of aryl methyl sites for hydroxylation is 1. The minimum atomic E-state index is 0.169. The molecule has 0 bridgehead atoms. The summed E-state index contributed by atoms with van der Waals surface area (Å²) in [4.78, 5) is 18.7. The van der Waals surface area contributed by atoms with E-state index in [1.165, 1.54) is 11.3 Å². The number of rotatable bonds is 1. The normalized spacial score (nSPS) is 19.8. The van der Waals surface area contributed by atoms with Crippen LogP contribution in [0.4, 0.5) is 10.5 Å². The number of hydrogen-bond donors (Lipinski definition) is 0. The third-order valence-electron chi connectivity index (χ3n) is 4.20. The zero-order chi connectivity index (χ0) is 14.7. The molecule has 0 aliphatic carbocycles. The molecular weight excluding hydrogens is 266 g/mol. The van der Waals surface area contributed by atoms with Crippen molar-refractivity contribution in [1.29, 1.82) is 0 Å². The van der Waals surface area contributed by atoms with Gasteiger partial charge in [-0.15, -0.1) is 0 Å². The van der Waals surface area contributed by atoms with Crippen LogP contribution in [0.5, 0.6) is 0 Å². The van der Waals surface area contributed by atoms with Crippen LogP contribution >= 0.6 is 0 Å². The maximum atomic E-state index is 12.4. The molecule has 0 unspecified atom stereocenters. The van der Waals surface area contributed by atoms with E-state index in [-0.39, 0.29) is 6.03 Å². The zero-order valence-corrected chi connectivity index (χ0v) is 12.6. The molecule has 2 aliphatic rings. The highest BCUT2D eigenvalue weighted by Gasteiger charge is 2.26. The van der Waals surface area contributed by atoms with Gasteiger partial charge in [-0.3, -0.25) is 0 Å². The van der Waals surface area contributed by atoms with Crippen LogP contribution < -0.4 is 4.90 Å². The highest BCUT2D eigenvalue weighted by molar-refractivity contribution is 5.75. The van der Waals surface area contributed by atoms with Gasteiger partial charge in [0.1, 0.15) is 0 Å². The summed E-state index contributed by atoms with van der Waals surface area (Å²) < 4.78 is 5.30. The molecule has 0 spiro atoms. The first-order valence-electron chi connectivity index (χ1n) is 7.67. The lowest BCUT2D eigenvalue weighted by Gasteiger charge is -2.39. The van der Waals surface area contributed by atoms with Gasteiger partial charge in [0, 0.05) is 45.0 Å². The van der Waals surface area contributed by atoms with Gasteiger partial charge in [-0.2, -0.15) is 0 Å². The summed E-state index contributed by atoms with van der Waals surface area (Å²) in [6, 6.07) is 8.73. The quantitative estimate of drug-likeness (QED) is 0.787. The first-order chi connectivity index (χ1) is 10.2. The van der Waals surface area contributed by atoms with Crippen molar-refractivity contribution in [2.24, 2.45) is 0 Å². The molecule has 0 N–H and O–H groups in total. The Morgan fingerprint density at radius 3 is 2.33 bits per heavy atom. The van der Waals surface area contributed by atoms with Crippen LogP contribution in [0, 0.1) is 6.92 Å². The SMILES string of the molecule is Cc1cccc(N2CCN(C(=O)N3CCOCC3)CC2)c1. The second-order valence-electron chi connectivity index (χ2n) is 5.70. The molecule has 1 aromatic rings. The summed E-state index contributed by atoms with van der Waals surface area (Å²) in [6.07, 6.45) is 0. The highest BCUT2D eigenvalue weighted by Crippen LogP contribution is 2.18. The molecule has 5 nitrogen and oxygen atoms in total. The molecule has 0 aromatic heterocycles. The largest absolute Gasteiger partial charge is 0.378 e. The monoisotopic (exact) mass is 289 g/mol. The van der Waals surface area contributed by atoms with Crippen LogP contribution in [-0.4, -0.2) is 68.3 Å². The fourth-order valence-corrected chi connectivity index (χ4v) is 2.94. The average Bonchev–Trinajstić information content (AvgIpc) is 2.55. The van der Waals surface area contributed by atoms with Crippen molar-refractivity contribution in [3.8, 4) is 0 Å². The van der Waals surface area contributed by atoms with Gasteiger partial charge in [-0.25, -0.2) is 4.79 Å². The van der Waals surface area contributed by atoms with Gasteiger partial charge < -0.3 is 19.4 Å². The molecule has 2 saturated heterocycles. The maximum absolute atomic E-state index is 12.4. The van der Waals surface area contributed by atoms with Crippen molar-refractivity contribution in [2.75, 3.05) is 57.4 Å². The van der Waals surface area contributed by atoms with Crippen molar-refractivity contribution in [2.45, 2.75) is 6.92 Å². The lowest BCUT2D eigenvalue weighted by molar-refractivity contribution is 0.0428. The van der Waals surface area contributed by atoms with Crippen LogP contribution in [0.3, 0.4) is 0 Å². The van der Waals surface area contributed by atoms with Crippen LogP contribution in [0.15, 0.2) is 24.3 Å². The van der Waals surface area contributed by atoms with Crippen LogP contribution in [0.1, 0.15) is 5.56 Å². The van der Waals surface area contributed by atoms with E-state index in [9.17, 15) is 4.79 Å². The number of anilines is 1. The number of piperazine rings is 1. The number of amides is 2. The molecule has 2 fully saturated rings. The molecule has 3 rings (SSSR count). The molecule has 0 atom stereocenters. The minimum Gasteiger partial charge on any atom is -0.378 e. The van der Waals surface area contributed by atoms with Crippen LogP contribution in [0.2, 0.25) is 0 Å². The topological polar surface area (TPSA) is 36.0 Å². The fourth-order valence-electron chi connectivity index (χ4n) is 2.94. The first-order valence-corrected chi connectivity index (χ1v) is 7.67. The second-order valence-corrected chi connectivity index (χ2v) is 5.70. The summed E-state index contributed by atoms with van der Waals surface area (Å²) in [7, 11) is 0. The fraction of sp³-hybridized carbons (Fsp3) is 0.562. The third kappa shape index (κ3) is 3.29. The van der Waals surface area contributed by atoms with Crippen LogP contribution in [-0.2, 0) is 4.74 Å². The predicted molar refractivity (Wildman–Crippen MR) is 82.8 cm³/mol. The van der Waals surface area contributed by atoms with Crippen LogP contribution in [0.25, 0.3) is 0 Å². The molecule has 2 heterocycles. The molecular formula is C16H23N3O2. The van der Waals surface area contributed by atoms with Gasteiger partial charge in [0.15, 0.2) is 0 Å². The van der Waals surface area contributed by atoms with E-state index < -0.39 is 0 Å². The van der Waals surface area contributed by atoms with Crippen molar-refractivity contribution in [3.05, 3.63) is 29.8 Å². The summed E-state index contributed by atoms with van der Waals surface area (Å²) in [5, 5.41) is 0. The predicted octanol–water partition coefficient (Wildman–Crippen LogP) is 1.57. The van der Waals surface area contributed by atoms with Crippen molar-refractivity contribution < 1.29 is 9.53 Å². The second kappa shape index (κ2) is 6.35. The van der Waals surface area contributed by atoms with Crippen molar-refractivity contribution in [3.63, 3.8) is 0 Å². The number of carbonyl (C=O) groups excluding carboxylic acids is 1. The number of ether oxygens (including phenoxy) is 1. The first kappa shape index (κ1) is 14.2. The third-order valence-corrected chi connectivity index (χ3v) is 4.20. The van der Waals surface area contributed by atoms with E-state index in [1.807, 2.05) is 9.80 Å². The van der Waals surface area contributed by atoms with Crippen molar-refractivity contribution in [1.82, 2.24) is 9.80 Å². The molecule has 2 amide bonds. The highest BCUT2D eigenvalue weighted by atomic mass is 16.5. The Kier molecular flexibility index (Phi) is 4.29. The Hall–Kier alpha value is -1.75. The Balaban J connectivity index is 1.56. The molecule has 1 aromatic carbocycles. The molecule has 0 saturated carbocycles. The summed E-state index contributed by atoms with van der Waals surface area (Å²) in [6.45, 7) is 8.27. The van der Waals surface area contributed by atoms with E-state index in [4.69, 9.17) is 4.74 Å². The number of urea groups is 1. The number of nitrogens with zero attached hydrogens (tertiary/aromatic N) is 3. The van der Waals surface area contributed by atoms with Gasteiger partial charge in [0.05, 0.1) is 13.2 Å². The van der Waals surface area contributed by atoms with Gasteiger partial charge in [0.25, 0.3) is 0 Å². The average molecular weight is 289 g/mol. The Labute approximate surface area is 126 Å². The summed E-state index contributed by atoms with van der Waals surface area (Å²) in [5.41, 5.74) is 2.53. The lowest BCUT2D eigenvalue weighted by atomic mass is 10.2. The van der Waals surface area contributed by atoms with E-state index in [0.29, 0.717) is 13.2 Å². The van der Waals surface area contributed by atoms with Gasteiger partial charge in [-0.05, 0) is 24.6 Å². The minimum absolute atomic E-state index is 0.169. The Morgan fingerprint density at radius 2 is 1.67 bits per heavy atom. The van der Waals surface area contributed by atoms with Crippen molar-refractivity contribution >= 4 is 11.7 Å². The number of morpholine rings is 1. The molecule has 5 heteroatoms. The summed E-state index contributed by atoms with van der Waals surface area (Å²) >= 11 is 0. The summed E-state index contributed by atoms with van der Waals surface area (Å²) in [5.74, 6) is 0. The molecule has 2 aliphatic heterocycles. The number of hydrogen-bond acceptors (Lipinski definition) is 3. The zero-order valence-electron chi connectivity index (χ0n) is 12.6. The smallest absolute Gasteiger partial charge is 0.320 e. The van der Waals surface area contributed by atoms with Gasteiger partial charge in [-0.1, -0.05) is 12.1 Å². The maximum Gasteiger partial charge on any atom is 0.320 e. The van der Waals surface area contributed by atoms with E-state index in [1.54, 1.807) is 0 Å². The van der Waals surface area contributed by atoms with E-state index in [2.05, 4.69) is 36.1 Å². The lowest BCUT2D eigenvalue weighted by Crippen LogP contribution is -2.54. The number of carbonyl (C=O) groups is 1. The Bertz CT molecular complexity index is 492. The van der Waals surface area contributed by atoms with E-state index >= 15 is 0 Å². The number of benzene rings is 1. The van der Waals surface area contributed by atoms with Gasteiger partial charge >= 0.3 is 6.03 Å². The molecule has 21 heavy (non-hydrogen) atoms. The molecule has 0 radical (unpaired) electrons. The van der Waals surface area contributed by atoms with E-state index in [0.717, 1.165) is 39.3 Å². The Morgan fingerprint density at radius 1 is 1.00 bits per heavy atom.